The lowest BCUT2D eigenvalue weighted by molar-refractivity contribution is 0.0666. The molecule has 0 radical (unpaired) electrons. The Morgan fingerprint density at radius 3 is 2.95 bits per heavy atom. The van der Waals surface area contributed by atoms with Gasteiger partial charge >= 0.3 is 6.09 Å². The van der Waals surface area contributed by atoms with Crippen LogP contribution in [0, 0.1) is 0 Å². The van der Waals surface area contributed by atoms with Crippen LogP contribution in [0.1, 0.15) is 31.2 Å². The van der Waals surface area contributed by atoms with Gasteiger partial charge in [0.2, 0.25) is 0 Å². The molecule has 1 fully saturated rings. The largest absolute Gasteiger partial charge is 0.445 e. The summed E-state index contributed by atoms with van der Waals surface area (Å²) in [5.74, 6) is 0.525. The number of nitrogens with zero attached hydrogens (tertiary/aromatic N) is 4. The third-order valence-electron chi connectivity index (χ3n) is 3.89. The van der Waals surface area contributed by atoms with Crippen LogP contribution in [0.4, 0.5) is 4.79 Å². The number of nitrogens with one attached hydrogen (secondary N) is 1. The second-order valence-corrected chi connectivity index (χ2v) is 5.30. The summed E-state index contributed by atoms with van der Waals surface area (Å²) in [4.78, 5) is 14.0. The highest BCUT2D eigenvalue weighted by Gasteiger charge is 2.45. The Morgan fingerprint density at radius 2 is 2.24 bits per heavy atom. The highest BCUT2D eigenvalue weighted by atomic mass is 16.6. The van der Waals surface area contributed by atoms with Crippen molar-refractivity contribution in [3.05, 3.63) is 41.7 Å². The summed E-state index contributed by atoms with van der Waals surface area (Å²) >= 11 is 0. The summed E-state index contributed by atoms with van der Waals surface area (Å²) in [5.41, 5.74) is 0.409. The molecule has 1 aliphatic heterocycles. The van der Waals surface area contributed by atoms with Crippen molar-refractivity contribution in [3.8, 4) is 0 Å². The maximum atomic E-state index is 12.3. The number of aromatic nitrogens is 4. The van der Waals surface area contributed by atoms with Crippen LogP contribution in [0.2, 0.25) is 0 Å². The second kappa shape index (κ2) is 5.51. The van der Waals surface area contributed by atoms with Crippen LogP contribution < -0.4 is 0 Å². The predicted molar refractivity (Wildman–Crippen MR) is 74.1 cm³/mol. The molecule has 3 rings (SSSR count). The molecule has 0 spiro atoms. The van der Waals surface area contributed by atoms with Crippen LogP contribution >= 0.6 is 0 Å². The minimum absolute atomic E-state index is 0.262. The molecule has 0 aliphatic carbocycles. The minimum atomic E-state index is -0.555. The number of aromatic amines is 1. The van der Waals surface area contributed by atoms with Crippen LogP contribution in [0.3, 0.4) is 0 Å². The summed E-state index contributed by atoms with van der Waals surface area (Å²) < 4.78 is 5.41. The summed E-state index contributed by atoms with van der Waals surface area (Å²) in [5, 5.41) is 14.1. The fourth-order valence-electron chi connectivity index (χ4n) is 2.68. The molecule has 0 unspecified atom stereocenters. The van der Waals surface area contributed by atoms with Gasteiger partial charge in [-0.05, 0) is 25.3 Å². The van der Waals surface area contributed by atoms with Crippen LogP contribution in [-0.2, 0) is 16.9 Å². The molecular formula is C14H17N5O2. The van der Waals surface area contributed by atoms with Crippen molar-refractivity contribution in [3.63, 3.8) is 0 Å². The highest BCUT2D eigenvalue weighted by molar-refractivity contribution is 5.69. The molecule has 1 aliphatic rings. The number of tetrazole rings is 1. The molecule has 2 heterocycles. The van der Waals surface area contributed by atoms with Crippen LogP contribution in [0.25, 0.3) is 0 Å². The van der Waals surface area contributed by atoms with Crippen LogP contribution in [-0.4, -0.2) is 38.2 Å². The topological polar surface area (TPSA) is 84.0 Å². The van der Waals surface area contributed by atoms with Gasteiger partial charge in [0.15, 0.2) is 5.82 Å². The third-order valence-corrected chi connectivity index (χ3v) is 3.89. The predicted octanol–water partition coefficient (Wildman–Crippen LogP) is 1.85. The quantitative estimate of drug-likeness (QED) is 0.931. The molecule has 21 heavy (non-hydrogen) atoms. The number of carbonyl (C=O) groups is 1. The van der Waals surface area contributed by atoms with E-state index in [1.165, 1.54) is 0 Å². The van der Waals surface area contributed by atoms with Gasteiger partial charge in [-0.1, -0.05) is 35.5 Å². The Bertz CT molecular complexity index is 601. The fourth-order valence-corrected chi connectivity index (χ4v) is 2.68. The monoisotopic (exact) mass is 287 g/mol. The first kappa shape index (κ1) is 13.5. The van der Waals surface area contributed by atoms with Gasteiger partial charge in [-0.25, -0.2) is 4.79 Å². The van der Waals surface area contributed by atoms with E-state index in [0.29, 0.717) is 12.4 Å². The Hall–Kier alpha value is -2.44. The molecule has 1 aromatic carbocycles. The highest BCUT2D eigenvalue weighted by Crippen LogP contribution is 2.36. The minimum Gasteiger partial charge on any atom is -0.445 e. The molecule has 0 bridgehead atoms. The first-order valence-electron chi connectivity index (χ1n) is 6.92. The van der Waals surface area contributed by atoms with E-state index in [1.54, 1.807) is 4.90 Å². The molecular weight excluding hydrogens is 270 g/mol. The SMILES string of the molecule is C[C@@]1(c2nn[nH]n2)CCCN1C(=O)OCc1ccccc1. The van der Waals surface area contributed by atoms with Crippen molar-refractivity contribution in [1.29, 1.82) is 0 Å². The van der Waals surface area contributed by atoms with Gasteiger partial charge in [-0.2, -0.15) is 5.21 Å². The maximum Gasteiger partial charge on any atom is 0.410 e. The van der Waals surface area contributed by atoms with E-state index in [1.807, 2.05) is 37.3 Å². The molecule has 1 amide bonds. The van der Waals surface area contributed by atoms with Crippen molar-refractivity contribution < 1.29 is 9.53 Å². The number of benzene rings is 1. The standard InChI is InChI=1S/C14H17N5O2/c1-14(12-15-17-18-16-12)8-5-9-19(14)13(20)21-10-11-6-3-2-4-7-11/h2-4,6-7H,5,8-10H2,1H3,(H,15,16,17,18)/t14-/m0/s1. The van der Waals surface area contributed by atoms with E-state index in [0.717, 1.165) is 18.4 Å². The molecule has 1 saturated heterocycles. The lowest BCUT2D eigenvalue weighted by Crippen LogP contribution is -2.43. The van der Waals surface area contributed by atoms with Crippen molar-refractivity contribution in [2.75, 3.05) is 6.54 Å². The summed E-state index contributed by atoms with van der Waals surface area (Å²) in [6.07, 6.45) is 1.35. The zero-order valence-electron chi connectivity index (χ0n) is 11.8. The molecule has 1 aromatic heterocycles. The molecule has 1 N–H and O–H groups in total. The van der Waals surface area contributed by atoms with E-state index >= 15 is 0 Å². The number of ether oxygens (including phenoxy) is 1. The average molecular weight is 287 g/mol. The van der Waals surface area contributed by atoms with Crippen LogP contribution in [0.15, 0.2) is 30.3 Å². The Kier molecular flexibility index (Phi) is 3.55. The van der Waals surface area contributed by atoms with Gasteiger partial charge in [0.05, 0.1) is 0 Å². The molecule has 7 heteroatoms. The van der Waals surface area contributed by atoms with Crippen LogP contribution in [0.5, 0.6) is 0 Å². The van der Waals surface area contributed by atoms with Crippen molar-refractivity contribution in [2.45, 2.75) is 31.9 Å². The van der Waals surface area contributed by atoms with E-state index in [-0.39, 0.29) is 12.7 Å². The van der Waals surface area contributed by atoms with Gasteiger partial charge in [-0.3, -0.25) is 4.90 Å². The number of rotatable bonds is 3. The Labute approximate surface area is 122 Å². The number of hydrogen-bond donors (Lipinski definition) is 1. The van der Waals surface area contributed by atoms with Crippen molar-refractivity contribution in [1.82, 2.24) is 25.5 Å². The van der Waals surface area contributed by atoms with E-state index in [2.05, 4.69) is 20.6 Å². The van der Waals surface area contributed by atoms with Gasteiger partial charge in [0.1, 0.15) is 12.1 Å². The van der Waals surface area contributed by atoms with Crippen molar-refractivity contribution >= 4 is 6.09 Å². The number of carbonyl (C=O) groups excluding carboxylic acids is 1. The number of likely N-dealkylation sites (tertiary alicyclic amines) is 1. The van der Waals surface area contributed by atoms with Gasteiger partial charge in [0.25, 0.3) is 0 Å². The summed E-state index contributed by atoms with van der Waals surface area (Å²) in [6.45, 7) is 2.84. The first-order chi connectivity index (χ1) is 10.2. The number of hydrogen-bond acceptors (Lipinski definition) is 5. The van der Waals surface area contributed by atoms with Gasteiger partial charge in [0, 0.05) is 6.54 Å². The average Bonchev–Trinajstić information content (AvgIpc) is 3.16. The zero-order valence-corrected chi connectivity index (χ0v) is 11.8. The lowest BCUT2D eigenvalue weighted by atomic mass is 9.98. The Morgan fingerprint density at radius 1 is 1.43 bits per heavy atom. The van der Waals surface area contributed by atoms with Gasteiger partial charge in [-0.15, -0.1) is 10.2 Å². The van der Waals surface area contributed by atoms with E-state index < -0.39 is 5.54 Å². The van der Waals surface area contributed by atoms with E-state index in [4.69, 9.17) is 4.74 Å². The lowest BCUT2D eigenvalue weighted by Gasteiger charge is -2.31. The molecule has 2 aromatic rings. The van der Waals surface area contributed by atoms with E-state index in [9.17, 15) is 4.79 Å². The zero-order chi connectivity index (χ0) is 14.7. The molecule has 1 atom stereocenters. The van der Waals surface area contributed by atoms with Gasteiger partial charge < -0.3 is 4.74 Å². The smallest absolute Gasteiger partial charge is 0.410 e. The second-order valence-electron chi connectivity index (χ2n) is 5.30. The molecule has 0 saturated carbocycles. The fraction of sp³-hybridized carbons (Fsp3) is 0.429. The normalized spacial score (nSPS) is 21.5. The summed E-state index contributed by atoms with van der Waals surface area (Å²) in [7, 11) is 0. The maximum absolute atomic E-state index is 12.3. The number of amides is 1. The number of H-pyrrole nitrogens is 1. The Balaban J connectivity index is 1.69. The summed E-state index contributed by atoms with van der Waals surface area (Å²) in [6, 6.07) is 9.62. The third kappa shape index (κ3) is 2.58. The molecule has 7 nitrogen and oxygen atoms in total. The van der Waals surface area contributed by atoms with Crippen molar-refractivity contribution in [2.24, 2.45) is 0 Å². The first-order valence-corrected chi connectivity index (χ1v) is 6.92. The molecule has 110 valence electrons.